The second kappa shape index (κ2) is 8.84. The summed E-state index contributed by atoms with van der Waals surface area (Å²) in [5, 5.41) is 0. The van der Waals surface area contributed by atoms with Crippen LogP contribution in [0.15, 0.2) is 53.4 Å². The molecule has 1 fully saturated rings. The molecule has 2 aliphatic rings. The van der Waals surface area contributed by atoms with Crippen molar-refractivity contribution < 1.29 is 27.5 Å². The van der Waals surface area contributed by atoms with E-state index in [-0.39, 0.29) is 10.9 Å². The first kappa shape index (κ1) is 23.9. The Morgan fingerprint density at radius 2 is 1.47 bits per heavy atom. The van der Waals surface area contributed by atoms with E-state index in [1.807, 2.05) is 0 Å². The van der Waals surface area contributed by atoms with Gasteiger partial charge < -0.3 is 9.64 Å². The lowest BCUT2D eigenvalue weighted by Crippen LogP contribution is -2.47. The van der Waals surface area contributed by atoms with E-state index in [4.69, 9.17) is 4.74 Å². The lowest BCUT2D eigenvalue weighted by Gasteiger charge is -2.33. The molecule has 34 heavy (non-hydrogen) atoms. The maximum atomic E-state index is 12.9. The molecule has 2 aliphatic heterocycles. The summed E-state index contributed by atoms with van der Waals surface area (Å²) < 4.78 is 33.8. The van der Waals surface area contributed by atoms with Crippen LogP contribution in [0.2, 0.25) is 0 Å². The first-order chi connectivity index (χ1) is 16.0. The number of hydrogen-bond acceptors (Lipinski definition) is 6. The summed E-state index contributed by atoms with van der Waals surface area (Å²) in [6.45, 7) is 6.17. The summed E-state index contributed by atoms with van der Waals surface area (Å²) in [6.07, 6.45) is 0.523. The molecule has 1 saturated heterocycles. The van der Waals surface area contributed by atoms with Crippen LogP contribution in [0, 0.1) is 0 Å². The van der Waals surface area contributed by atoms with Crippen molar-refractivity contribution in [3.63, 3.8) is 0 Å². The van der Waals surface area contributed by atoms with Crippen molar-refractivity contribution in [2.45, 2.75) is 50.2 Å². The van der Waals surface area contributed by atoms with Crippen molar-refractivity contribution >= 4 is 33.6 Å². The maximum Gasteiger partial charge on any atom is 0.410 e. The van der Waals surface area contributed by atoms with E-state index in [2.05, 4.69) is 4.72 Å². The van der Waals surface area contributed by atoms with Gasteiger partial charge in [0, 0.05) is 19.1 Å². The highest BCUT2D eigenvalue weighted by Gasteiger charge is 2.36. The van der Waals surface area contributed by atoms with Crippen LogP contribution < -0.4 is 9.62 Å². The molecule has 10 heteroatoms. The Morgan fingerprint density at radius 3 is 1.97 bits per heavy atom. The quantitative estimate of drug-likeness (QED) is 0.666. The first-order valence-corrected chi connectivity index (χ1v) is 12.5. The fourth-order valence-corrected chi connectivity index (χ4v) is 5.30. The number of nitrogens with one attached hydrogen (secondary N) is 1. The van der Waals surface area contributed by atoms with Crippen LogP contribution in [-0.2, 0) is 14.8 Å². The van der Waals surface area contributed by atoms with Gasteiger partial charge >= 0.3 is 6.09 Å². The van der Waals surface area contributed by atoms with Gasteiger partial charge in [-0.25, -0.2) is 22.8 Å². The van der Waals surface area contributed by atoms with Crippen molar-refractivity contribution in [2.75, 3.05) is 18.0 Å². The van der Waals surface area contributed by atoms with Gasteiger partial charge in [0.2, 0.25) is 10.0 Å². The number of nitrogens with zero attached hydrogens (tertiary/aromatic N) is 2. The molecule has 9 nitrogen and oxygen atoms in total. The summed E-state index contributed by atoms with van der Waals surface area (Å²) in [5.41, 5.74) is 0.359. The van der Waals surface area contributed by atoms with Gasteiger partial charge in [0.1, 0.15) is 5.60 Å². The average molecular weight is 486 g/mol. The lowest BCUT2D eigenvalue weighted by atomic mass is 10.1. The average Bonchev–Trinajstić information content (AvgIpc) is 3.03. The number of carbonyl (C=O) groups is 3. The van der Waals surface area contributed by atoms with Gasteiger partial charge in [-0.05, 0) is 70.0 Å². The minimum Gasteiger partial charge on any atom is -0.444 e. The van der Waals surface area contributed by atoms with Gasteiger partial charge in [-0.3, -0.25) is 9.59 Å². The van der Waals surface area contributed by atoms with Crippen molar-refractivity contribution in [2.24, 2.45) is 0 Å². The van der Waals surface area contributed by atoms with Crippen molar-refractivity contribution in [1.82, 2.24) is 9.62 Å². The summed E-state index contributed by atoms with van der Waals surface area (Å²) in [4.78, 5) is 40.1. The van der Waals surface area contributed by atoms with E-state index in [0.717, 1.165) is 4.90 Å². The Bertz CT molecular complexity index is 1190. The third-order valence-corrected chi connectivity index (χ3v) is 7.20. The Balaban J connectivity index is 1.39. The van der Waals surface area contributed by atoms with Crippen molar-refractivity contribution in [3.8, 4) is 0 Å². The number of anilines is 1. The van der Waals surface area contributed by atoms with Crippen LogP contribution in [0.1, 0.15) is 54.3 Å². The van der Waals surface area contributed by atoms with E-state index in [1.165, 1.54) is 24.3 Å². The van der Waals surface area contributed by atoms with Crippen LogP contribution in [0.3, 0.4) is 0 Å². The lowest BCUT2D eigenvalue weighted by molar-refractivity contribution is 0.0203. The molecular formula is C24H27N3O6S. The topological polar surface area (TPSA) is 113 Å². The minimum atomic E-state index is -3.82. The SMILES string of the molecule is CC(C)(C)OC(=O)N1CCC(NS(=O)(=O)c2ccc(N3C(=O)c4ccccc4C3=O)cc2)CC1. The van der Waals surface area contributed by atoms with Crippen molar-refractivity contribution in [3.05, 3.63) is 59.7 Å². The molecule has 2 aromatic carbocycles. The Hall–Kier alpha value is -3.24. The fraction of sp³-hybridized carbons (Fsp3) is 0.375. The number of ether oxygens (including phenoxy) is 1. The highest BCUT2D eigenvalue weighted by Crippen LogP contribution is 2.29. The van der Waals surface area contributed by atoms with E-state index in [9.17, 15) is 22.8 Å². The molecule has 180 valence electrons. The predicted octanol–water partition coefficient (Wildman–Crippen LogP) is 3.17. The molecule has 0 spiro atoms. The summed E-state index contributed by atoms with van der Waals surface area (Å²) in [7, 11) is -3.82. The molecule has 0 radical (unpaired) electrons. The molecule has 0 unspecified atom stereocenters. The zero-order chi connectivity index (χ0) is 24.7. The maximum absolute atomic E-state index is 12.9. The summed E-state index contributed by atoms with van der Waals surface area (Å²) >= 11 is 0. The Morgan fingerprint density at radius 1 is 0.941 bits per heavy atom. The number of rotatable bonds is 4. The molecule has 1 N–H and O–H groups in total. The number of piperidine rings is 1. The van der Waals surface area contributed by atoms with Gasteiger partial charge in [0.05, 0.1) is 21.7 Å². The van der Waals surface area contributed by atoms with E-state index < -0.39 is 33.5 Å². The monoisotopic (exact) mass is 485 g/mol. The van der Waals surface area contributed by atoms with Gasteiger partial charge in [-0.1, -0.05) is 12.1 Å². The van der Waals surface area contributed by atoms with Crippen LogP contribution in [-0.4, -0.2) is 56.0 Å². The van der Waals surface area contributed by atoms with Crippen LogP contribution in [0.4, 0.5) is 10.5 Å². The molecule has 2 aromatic rings. The molecule has 0 aromatic heterocycles. The number of amides is 3. The molecule has 3 amide bonds. The standard InChI is InChI=1S/C24H27N3O6S/c1-24(2,3)33-23(30)26-14-12-16(13-15-26)25-34(31,32)18-10-8-17(9-11-18)27-21(28)19-6-4-5-7-20(19)22(27)29/h4-11,16,25H,12-15H2,1-3H3. The molecule has 2 heterocycles. The molecular weight excluding hydrogens is 458 g/mol. The molecule has 0 aliphatic carbocycles. The van der Waals surface area contributed by atoms with Crippen LogP contribution in [0.25, 0.3) is 0 Å². The first-order valence-electron chi connectivity index (χ1n) is 11.0. The number of benzene rings is 2. The number of fused-ring (bicyclic) bond motifs is 1. The molecule has 0 saturated carbocycles. The fourth-order valence-electron chi connectivity index (χ4n) is 3.99. The van der Waals surface area contributed by atoms with E-state index in [1.54, 1.807) is 49.9 Å². The third kappa shape index (κ3) is 4.83. The smallest absolute Gasteiger partial charge is 0.410 e. The zero-order valence-corrected chi connectivity index (χ0v) is 20.1. The second-order valence-corrected chi connectivity index (χ2v) is 11.1. The number of imide groups is 1. The van der Waals surface area contributed by atoms with Crippen LogP contribution >= 0.6 is 0 Å². The third-order valence-electron chi connectivity index (χ3n) is 5.67. The van der Waals surface area contributed by atoms with Gasteiger partial charge in [0.25, 0.3) is 11.8 Å². The normalized spacial score (nSPS) is 17.1. The van der Waals surface area contributed by atoms with E-state index in [0.29, 0.717) is 42.7 Å². The van der Waals surface area contributed by atoms with Gasteiger partial charge in [-0.15, -0.1) is 0 Å². The van der Waals surface area contributed by atoms with Crippen molar-refractivity contribution in [1.29, 1.82) is 0 Å². The van der Waals surface area contributed by atoms with Gasteiger partial charge in [-0.2, -0.15) is 0 Å². The van der Waals surface area contributed by atoms with Gasteiger partial charge in [0.15, 0.2) is 0 Å². The minimum absolute atomic E-state index is 0.0300. The molecule has 0 atom stereocenters. The number of hydrogen-bond donors (Lipinski definition) is 1. The highest BCUT2D eigenvalue weighted by molar-refractivity contribution is 7.89. The largest absolute Gasteiger partial charge is 0.444 e. The zero-order valence-electron chi connectivity index (χ0n) is 19.3. The summed E-state index contributed by atoms with van der Waals surface area (Å²) in [6, 6.07) is 11.9. The Labute approximate surface area is 198 Å². The number of likely N-dealkylation sites (tertiary alicyclic amines) is 1. The second-order valence-electron chi connectivity index (χ2n) is 9.35. The number of carbonyl (C=O) groups excluding carboxylic acids is 3. The highest BCUT2D eigenvalue weighted by atomic mass is 32.2. The number of sulfonamides is 1. The molecule has 4 rings (SSSR count). The Kier molecular flexibility index (Phi) is 6.22. The van der Waals surface area contributed by atoms with Crippen LogP contribution in [0.5, 0.6) is 0 Å². The predicted molar refractivity (Wildman–Crippen MR) is 125 cm³/mol. The van der Waals surface area contributed by atoms with E-state index >= 15 is 0 Å². The molecule has 0 bridgehead atoms. The summed E-state index contributed by atoms with van der Waals surface area (Å²) in [5.74, 6) is -0.878.